The topological polar surface area (TPSA) is 90.8 Å². The van der Waals surface area contributed by atoms with E-state index >= 15 is 0 Å². The fourth-order valence-corrected chi connectivity index (χ4v) is 1.41. The average Bonchev–Trinajstić information content (AvgIpc) is 2.52. The number of nitrogens with zero attached hydrogens (tertiary/aromatic N) is 3. The second-order valence-corrected chi connectivity index (χ2v) is 4.05. The number of rotatable bonds is 8. The lowest BCUT2D eigenvalue weighted by Gasteiger charge is -2.20. The summed E-state index contributed by atoms with van der Waals surface area (Å²) in [4.78, 5) is 32.4. The molecular weight excluding hydrogens is 278 g/mol. The second kappa shape index (κ2) is 8.72. The molecule has 0 amide bonds. The molecule has 1 heterocycles. The van der Waals surface area contributed by atoms with Crippen molar-refractivity contribution >= 4 is 17.9 Å². The fourth-order valence-electron chi connectivity index (χ4n) is 1.41. The van der Waals surface area contributed by atoms with Crippen LogP contribution in [0.25, 0.3) is 0 Å². The summed E-state index contributed by atoms with van der Waals surface area (Å²) in [5.74, 6) is -0.453. The maximum Gasteiger partial charge on any atom is 0.325 e. The second-order valence-electron chi connectivity index (χ2n) is 4.05. The first-order valence-corrected chi connectivity index (χ1v) is 6.45. The predicted octanol–water partition coefficient (Wildman–Crippen LogP) is 0.418. The first-order chi connectivity index (χ1) is 10.1. The molecular formula is C13H19N3O5. The lowest BCUT2D eigenvalue weighted by Crippen LogP contribution is -2.36. The molecule has 8 heteroatoms. The lowest BCUT2D eigenvalue weighted by molar-refractivity contribution is -0.140. The molecule has 0 N–H and O–H groups in total. The van der Waals surface area contributed by atoms with Gasteiger partial charge in [0.15, 0.2) is 0 Å². The molecule has 0 fully saturated rings. The predicted molar refractivity (Wildman–Crippen MR) is 74.1 cm³/mol. The number of carbonyl (C=O) groups excluding carboxylic acids is 2. The van der Waals surface area contributed by atoms with Crippen molar-refractivity contribution < 1.29 is 23.8 Å². The van der Waals surface area contributed by atoms with E-state index in [1.54, 1.807) is 6.07 Å². The molecule has 0 aliphatic rings. The van der Waals surface area contributed by atoms with E-state index in [9.17, 15) is 9.59 Å². The standard InChI is InChI=1S/C13H19N3O5/c1-4-7-21-10-5-6-14-13(15-10)16(8-11(17)19-2)9-12(18)20-3/h5-6H,4,7-9H2,1-3H3. The highest BCUT2D eigenvalue weighted by Crippen LogP contribution is 2.13. The zero-order chi connectivity index (χ0) is 15.7. The third-order valence-corrected chi connectivity index (χ3v) is 2.45. The van der Waals surface area contributed by atoms with E-state index in [0.717, 1.165) is 6.42 Å². The number of ether oxygens (including phenoxy) is 3. The summed E-state index contributed by atoms with van der Waals surface area (Å²) in [6.07, 6.45) is 2.34. The molecule has 0 aliphatic heterocycles. The van der Waals surface area contributed by atoms with Crippen LogP contribution in [-0.4, -0.2) is 55.8 Å². The molecule has 1 aromatic heterocycles. The molecule has 1 rings (SSSR count). The Hall–Kier alpha value is -2.38. The van der Waals surface area contributed by atoms with Crippen LogP contribution in [0.15, 0.2) is 12.3 Å². The highest BCUT2D eigenvalue weighted by atomic mass is 16.5. The minimum absolute atomic E-state index is 0.164. The molecule has 0 atom stereocenters. The summed E-state index contributed by atoms with van der Waals surface area (Å²) in [6.45, 7) is 2.17. The van der Waals surface area contributed by atoms with Gasteiger partial charge in [-0.3, -0.25) is 9.59 Å². The first-order valence-electron chi connectivity index (χ1n) is 6.45. The normalized spacial score (nSPS) is 9.86. The van der Waals surface area contributed by atoms with Crippen LogP contribution < -0.4 is 9.64 Å². The smallest absolute Gasteiger partial charge is 0.325 e. The van der Waals surface area contributed by atoms with Crippen molar-refractivity contribution in [2.45, 2.75) is 13.3 Å². The summed E-state index contributed by atoms with van der Waals surface area (Å²) in [6, 6.07) is 1.60. The SMILES string of the molecule is CCCOc1ccnc(N(CC(=O)OC)CC(=O)OC)n1. The van der Waals surface area contributed by atoms with E-state index in [0.29, 0.717) is 12.5 Å². The lowest BCUT2D eigenvalue weighted by atomic mass is 10.4. The Morgan fingerprint density at radius 3 is 2.33 bits per heavy atom. The van der Waals surface area contributed by atoms with Crippen molar-refractivity contribution in [2.24, 2.45) is 0 Å². The van der Waals surface area contributed by atoms with Crippen molar-refractivity contribution in [2.75, 3.05) is 38.8 Å². The molecule has 21 heavy (non-hydrogen) atoms. The van der Waals surface area contributed by atoms with Gasteiger partial charge in [-0.05, 0) is 6.42 Å². The van der Waals surface area contributed by atoms with Gasteiger partial charge in [-0.2, -0.15) is 4.98 Å². The van der Waals surface area contributed by atoms with Gasteiger partial charge in [0.1, 0.15) is 13.1 Å². The van der Waals surface area contributed by atoms with Gasteiger partial charge in [0.25, 0.3) is 0 Å². The van der Waals surface area contributed by atoms with Gasteiger partial charge in [-0.25, -0.2) is 4.98 Å². The van der Waals surface area contributed by atoms with Gasteiger partial charge in [-0.15, -0.1) is 0 Å². The highest BCUT2D eigenvalue weighted by Gasteiger charge is 2.19. The molecule has 0 unspecified atom stereocenters. The van der Waals surface area contributed by atoms with Crippen LogP contribution in [0.3, 0.4) is 0 Å². The van der Waals surface area contributed by atoms with Crippen LogP contribution in [0.4, 0.5) is 5.95 Å². The van der Waals surface area contributed by atoms with Gasteiger partial charge in [-0.1, -0.05) is 6.92 Å². The molecule has 0 spiro atoms. The number of aromatic nitrogens is 2. The minimum Gasteiger partial charge on any atom is -0.478 e. The molecule has 0 saturated carbocycles. The molecule has 0 aliphatic carbocycles. The van der Waals surface area contributed by atoms with Crippen LogP contribution in [0.5, 0.6) is 5.88 Å². The first kappa shape index (κ1) is 16.7. The maximum atomic E-state index is 11.4. The zero-order valence-electron chi connectivity index (χ0n) is 12.4. The number of esters is 2. The van der Waals surface area contributed by atoms with Gasteiger partial charge < -0.3 is 19.1 Å². The monoisotopic (exact) mass is 297 g/mol. The summed E-state index contributed by atoms with van der Waals surface area (Å²) in [5.41, 5.74) is 0. The van der Waals surface area contributed by atoms with E-state index < -0.39 is 11.9 Å². The van der Waals surface area contributed by atoms with Crippen LogP contribution in [0, 0.1) is 0 Å². The van der Waals surface area contributed by atoms with Crippen molar-refractivity contribution in [3.8, 4) is 5.88 Å². The molecule has 0 bridgehead atoms. The molecule has 1 aromatic rings. The summed E-state index contributed by atoms with van der Waals surface area (Å²) < 4.78 is 14.6. The molecule has 0 radical (unpaired) electrons. The quantitative estimate of drug-likeness (QED) is 0.637. The molecule has 0 aromatic carbocycles. The van der Waals surface area contributed by atoms with E-state index in [4.69, 9.17) is 4.74 Å². The Morgan fingerprint density at radius 2 is 1.81 bits per heavy atom. The van der Waals surface area contributed by atoms with Crippen LogP contribution in [0.1, 0.15) is 13.3 Å². The maximum absolute atomic E-state index is 11.4. The van der Waals surface area contributed by atoms with Crippen LogP contribution in [-0.2, 0) is 19.1 Å². The van der Waals surface area contributed by atoms with Crippen molar-refractivity contribution in [1.82, 2.24) is 9.97 Å². The highest BCUT2D eigenvalue weighted by molar-refractivity contribution is 5.80. The van der Waals surface area contributed by atoms with E-state index in [1.807, 2.05) is 6.92 Å². The van der Waals surface area contributed by atoms with Gasteiger partial charge in [0, 0.05) is 12.3 Å². The summed E-state index contributed by atoms with van der Waals surface area (Å²) in [7, 11) is 2.53. The zero-order valence-corrected chi connectivity index (χ0v) is 12.4. The third-order valence-electron chi connectivity index (χ3n) is 2.45. The number of hydrogen-bond donors (Lipinski definition) is 0. The number of hydrogen-bond acceptors (Lipinski definition) is 8. The minimum atomic E-state index is -0.512. The van der Waals surface area contributed by atoms with Crippen LogP contribution in [0.2, 0.25) is 0 Å². The summed E-state index contributed by atoms with van der Waals surface area (Å²) >= 11 is 0. The van der Waals surface area contributed by atoms with Crippen molar-refractivity contribution in [3.05, 3.63) is 12.3 Å². The van der Waals surface area contributed by atoms with Crippen molar-refractivity contribution in [1.29, 1.82) is 0 Å². The number of carbonyl (C=O) groups is 2. The van der Waals surface area contributed by atoms with Gasteiger partial charge >= 0.3 is 11.9 Å². The molecule has 8 nitrogen and oxygen atoms in total. The van der Waals surface area contributed by atoms with E-state index in [2.05, 4.69) is 19.4 Å². The fraction of sp³-hybridized carbons (Fsp3) is 0.538. The van der Waals surface area contributed by atoms with E-state index in [1.165, 1.54) is 25.3 Å². The number of methoxy groups -OCH3 is 2. The number of anilines is 1. The molecule has 116 valence electrons. The Kier molecular flexibility index (Phi) is 6.93. The Balaban J connectivity index is 2.89. The van der Waals surface area contributed by atoms with Crippen LogP contribution >= 0.6 is 0 Å². The largest absolute Gasteiger partial charge is 0.478 e. The Morgan fingerprint density at radius 1 is 1.19 bits per heavy atom. The Labute approximate surface area is 123 Å². The van der Waals surface area contributed by atoms with Gasteiger partial charge in [0.2, 0.25) is 11.8 Å². The van der Waals surface area contributed by atoms with E-state index in [-0.39, 0.29) is 19.0 Å². The average molecular weight is 297 g/mol. The molecule has 0 saturated heterocycles. The Bertz CT molecular complexity index is 463. The third kappa shape index (κ3) is 5.64. The van der Waals surface area contributed by atoms with Gasteiger partial charge in [0.05, 0.1) is 20.8 Å². The van der Waals surface area contributed by atoms with Crippen molar-refractivity contribution in [3.63, 3.8) is 0 Å². The summed E-state index contributed by atoms with van der Waals surface area (Å²) in [5, 5.41) is 0.